The lowest BCUT2D eigenvalue weighted by atomic mass is 10.1. The summed E-state index contributed by atoms with van der Waals surface area (Å²) in [6.07, 6.45) is -1.12. The molecule has 0 aromatic heterocycles. The van der Waals surface area contributed by atoms with Crippen LogP contribution in [0.4, 0.5) is 0 Å². The van der Waals surface area contributed by atoms with Crippen molar-refractivity contribution in [2.45, 2.75) is 11.9 Å². The summed E-state index contributed by atoms with van der Waals surface area (Å²) in [6.45, 7) is 0.148. The van der Waals surface area contributed by atoms with E-state index in [1.807, 2.05) is 60.7 Å². The van der Waals surface area contributed by atoms with Crippen LogP contribution in [0.15, 0.2) is 78.9 Å². The van der Waals surface area contributed by atoms with E-state index in [0.717, 1.165) is 0 Å². The quantitative estimate of drug-likeness (QED) is 0.647. The molecule has 0 aliphatic carbocycles. The minimum absolute atomic E-state index is 0.148. The third-order valence-corrected chi connectivity index (χ3v) is 8.23. The molecule has 3 aromatic carbocycles. The lowest BCUT2D eigenvalue weighted by molar-refractivity contribution is 0.0353. The number of ether oxygens (including phenoxy) is 3. The summed E-state index contributed by atoms with van der Waals surface area (Å²) in [5.74, 6) is 0.220. The first-order valence-electron chi connectivity index (χ1n) is 8.96. The van der Waals surface area contributed by atoms with Crippen LogP contribution < -0.4 is 20.1 Å². The Balaban J connectivity index is 1.81. The van der Waals surface area contributed by atoms with Crippen LogP contribution in [0.3, 0.4) is 0 Å². The largest absolute Gasteiger partial charge is 0.454 e. The average molecular weight is 396 g/mol. The van der Waals surface area contributed by atoms with E-state index in [9.17, 15) is 9.67 Å². The Bertz CT molecular complexity index is 947. The predicted octanol–water partition coefficient (Wildman–Crippen LogP) is 3.44. The summed E-state index contributed by atoms with van der Waals surface area (Å²) >= 11 is 0. The molecule has 1 heterocycles. The topological polar surface area (TPSA) is 65.0 Å². The van der Waals surface area contributed by atoms with Crippen molar-refractivity contribution in [3.63, 3.8) is 0 Å². The lowest BCUT2D eigenvalue weighted by Gasteiger charge is -2.31. The smallest absolute Gasteiger partial charge is 0.231 e. The van der Waals surface area contributed by atoms with E-state index in [-0.39, 0.29) is 6.79 Å². The molecule has 144 valence electrons. The standard InChI is InChI=1S/C22H21O5P/c1-25-22(21(23)16-12-13-19-20(14-16)27-15-26-19)28(24,17-8-4-2-5-9-17)18-10-6-3-7-11-18/h2-14,21-23H,15H2,1H3/t21-,22+/m1/s1. The van der Waals surface area contributed by atoms with Crippen molar-refractivity contribution in [2.24, 2.45) is 0 Å². The summed E-state index contributed by atoms with van der Waals surface area (Å²) in [5.41, 5.74) is 0.559. The number of fused-ring (bicyclic) bond motifs is 1. The van der Waals surface area contributed by atoms with Crippen molar-refractivity contribution in [1.82, 2.24) is 0 Å². The molecule has 5 nitrogen and oxygen atoms in total. The Morgan fingerprint density at radius 3 is 2.04 bits per heavy atom. The number of rotatable bonds is 6. The second kappa shape index (κ2) is 7.80. The Morgan fingerprint density at radius 1 is 0.893 bits per heavy atom. The molecule has 0 bridgehead atoms. The Kier molecular flexibility index (Phi) is 5.23. The van der Waals surface area contributed by atoms with Crippen molar-refractivity contribution < 1.29 is 23.9 Å². The van der Waals surface area contributed by atoms with Crippen molar-refractivity contribution in [1.29, 1.82) is 0 Å². The van der Waals surface area contributed by atoms with Gasteiger partial charge >= 0.3 is 0 Å². The minimum atomic E-state index is -3.32. The van der Waals surface area contributed by atoms with Gasteiger partial charge in [-0.25, -0.2) is 0 Å². The minimum Gasteiger partial charge on any atom is -0.454 e. The zero-order valence-electron chi connectivity index (χ0n) is 15.4. The second-order valence-electron chi connectivity index (χ2n) is 6.51. The highest BCUT2D eigenvalue weighted by molar-refractivity contribution is 7.79. The van der Waals surface area contributed by atoms with Gasteiger partial charge in [-0.3, -0.25) is 0 Å². The SMILES string of the molecule is CO[C@H]([C@H](O)c1ccc2c(c1)OCO2)P(=O)(c1ccccc1)c1ccccc1. The molecule has 0 radical (unpaired) electrons. The van der Waals surface area contributed by atoms with Gasteiger partial charge in [-0.15, -0.1) is 0 Å². The maximum absolute atomic E-state index is 14.5. The zero-order chi connectivity index (χ0) is 19.6. The molecule has 0 unspecified atom stereocenters. The van der Waals surface area contributed by atoms with Crippen LogP contribution in [-0.2, 0) is 9.30 Å². The maximum Gasteiger partial charge on any atom is 0.231 e. The molecule has 4 rings (SSSR count). The predicted molar refractivity (Wildman–Crippen MR) is 108 cm³/mol. The Morgan fingerprint density at radius 2 is 1.46 bits per heavy atom. The van der Waals surface area contributed by atoms with Crippen LogP contribution >= 0.6 is 7.14 Å². The summed E-state index contributed by atoms with van der Waals surface area (Å²) in [5, 5.41) is 12.4. The molecule has 6 heteroatoms. The average Bonchev–Trinajstić information content (AvgIpc) is 3.23. The summed E-state index contributed by atoms with van der Waals surface area (Å²) in [4.78, 5) is 0. The number of methoxy groups -OCH3 is 1. The molecule has 0 saturated heterocycles. The normalized spacial score (nSPS) is 15.2. The highest BCUT2D eigenvalue weighted by Crippen LogP contribution is 2.53. The fourth-order valence-electron chi connectivity index (χ4n) is 3.48. The van der Waals surface area contributed by atoms with Crippen molar-refractivity contribution in [3.8, 4) is 11.5 Å². The zero-order valence-corrected chi connectivity index (χ0v) is 16.3. The monoisotopic (exact) mass is 396 g/mol. The fraction of sp³-hybridized carbons (Fsp3) is 0.182. The Labute approximate surface area is 163 Å². The van der Waals surface area contributed by atoms with E-state index in [0.29, 0.717) is 27.7 Å². The molecule has 0 amide bonds. The van der Waals surface area contributed by atoms with Gasteiger partial charge in [-0.05, 0) is 17.7 Å². The molecule has 2 atom stereocenters. The molecule has 28 heavy (non-hydrogen) atoms. The molecular formula is C22H21O5P. The molecule has 0 spiro atoms. The number of hydrogen-bond donors (Lipinski definition) is 1. The highest BCUT2D eigenvalue weighted by Gasteiger charge is 2.42. The van der Waals surface area contributed by atoms with Crippen LogP contribution in [-0.4, -0.2) is 24.9 Å². The number of aliphatic hydroxyl groups is 1. The van der Waals surface area contributed by atoms with Gasteiger partial charge in [0.25, 0.3) is 0 Å². The molecule has 1 aliphatic rings. The lowest BCUT2D eigenvalue weighted by Crippen LogP contribution is -2.31. The maximum atomic E-state index is 14.5. The molecule has 1 N–H and O–H groups in total. The fourth-order valence-corrected chi connectivity index (χ4v) is 6.46. The van der Waals surface area contributed by atoms with Crippen LogP contribution in [0.25, 0.3) is 0 Å². The van der Waals surface area contributed by atoms with Gasteiger partial charge in [0.15, 0.2) is 18.6 Å². The van der Waals surface area contributed by atoms with Gasteiger partial charge in [0, 0.05) is 17.7 Å². The third-order valence-electron chi connectivity index (χ3n) is 4.89. The van der Waals surface area contributed by atoms with Gasteiger partial charge in [0.05, 0.1) is 0 Å². The van der Waals surface area contributed by atoms with Gasteiger partial charge in [-0.1, -0.05) is 66.7 Å². The number of aliphatic hydroxyl groups excluding tert-OH is 1. The van der Waals surface area contributed by atoms with E-state index in [4.69, 9.17) is 14.2 Å². The number of benzene rings is 3. The van der Waals surface area contributed by atoms with Crippen LogP contribution in [0.2, 0.25) is 0 Å². The molecule has 0 fully saturated rings. The van der Waals surface area contributed by atoms with E-state index >= 15 is 0 Å². The van der Waals surface area contributed by atoms with Gasteiger partial charge < -0.3 is 23.9 Å². The van der Waals surface area contributed by atoms with E-state index in [1.165, 1.54) is 7.11 Å². The van der Waals surface area contributed by atoms with Crippen molar-refractivity contribution in [3.05, 3.63) is 84.4 Å². The second-order valence-corrected chi connectivity index (χ2v) is 9.37. The van der Waals surface area contributed by atoms with Crippen LogP contribution in [0.5, 0.6) is 11.5 Å². The van der Waals surface area contributed by atoms with Crippen LogP contribution in [0.1, 0.15) is 11.7 Å². The third kappa shape index (κ3) is 3.22. The first-order chi connectivity index (χ1) is 13.6. The summed E-state index contributed by atoms with van der Waals surface area (Å²) in [6, 6.07) is 23.5. The van der Waals surface area contributed by atoms with Crippen LogP contribution in [0, 0.1) is 0 Å². The highest BCUT2D eigenvalue weighted by atomic mass is 31.2. The first kappa shape index (κ1) is 18.8. The van der Waals surface area contributed by atoms with Gasteiger partial charge in [0.2, 0.25) is 6.79 Å². The van der Waals surface area contributed by atoms with Crippen molar-refractivity contribution >= 4 is 17.8 Å². The molecule has 3 aromatic rings. The number of hydrogen-bond acceptors (Lipinski definition) is 5. The molecule has 0 saturated carbocycles. The molecule has 1 aliphatic heterocycles. The molecular weight excluding hydrogens is 375 g/mol. The first-order valence-corrected chi connectivity index (χ1v) is 10.7. The van der Waals surface area contributed by atoms with Crippen molar-refractivity contribution in [2.75, 3.05) is 13.9 Å². The van der Waals surface area contributed by atoms with E-state index in [2.05, 4.69) is 0 Å². The van der Waals surface area contributed by atoms with E-state index < -0.39 is 19.1 Å². The van der Waals surface area contributed by atoms with Gasteiger partial charge in [-0.2, -0.15) is 0 Å². The van der Waals surface area contributed by atoms with Gasteiger partial charge in [0.1, 0.15) is 11.9 Å². The Hall–Kier alpha value is -2.59. The van der Waals surface area contributed by atoms with E-state index in [1.54, 1.807) is 18.2 Å². The summed E-state index contributed by atoms with van der Waals surface area (Å²) < 4.78 is 30.9. The summed E-state index contributed by atoms with van der Waals surface area (Å²) in [7, 11) is -1.85.